The van der Waals surface area contributed by atoms with Crippen LogP contribution < -0.4 is 5.32 Å². The zero-order valence-electron chi connectivity index (χ0n) is 10.0. The number of nitrogens with zero attached hydrogens (tertiary/aromatic N) is 2. The third kappa shape index (κ3) is 4.28. The van der Waals surface area contributed by atoms with Crippen molar-refractivity contribution in [3.05, 3.63) is 17.6 Å². The van der Waals surface area contributed by atoms with Crippen LogP contribution in [0.1, 0.15) is 44.6 Å². The quantitative estimate of drug-likeness (QED) is 0.779. The van der Waals surface area contributed by atoms with Crippen molar-refractivity contribution in [3.63, 3.8) is 0 Å². The zero-order valence-corrected chi connectivity index (χ0v) is 10.0. The van der Waals surface area contributed by atoms with Gasteiger partial charge >= 0.3 is 0 Å². The van der Waals surface area contributed by atoms with Gasteiger partial charge < -0.3 is 5.32 Å². The average Bonchev–Trinajstić information content (AvgIpc) is 2.23. The van der Waals surface area contributed by atoms with Gasteiger partial charge in [0, 0.05) is 24.7 Å². The molecule has 0 radical (unpaired) electrons. The second kappa shape index (κ2) is 6.38. The zero-order chi connectivity index (χ0) is 11.1. The molecule has 1 heterocycles. The highest BCUT2D eigenvalue weighted by Gasteiger charge is 2.01. The largest absolute Gasteiger partial charge is 0.370 e. The highest BCUT2D eigenvalue weighted by Crippen LogP contribution is 2.08. The Bertz CT molecular complexity index is 271. The maximum absolute atomic E-state index is 4.49. The summed E-state index contributed by atoms with van der Waals surface area (Å²) in [6.45, 7) is 7.34. The number of aryl methyl sites for hydroxylation is 2. The molecule has 3 nitrogen and oxygen atoms in total. The van der Waals surface area contributed by atoms with E-state index in [1.54, 1.807) is 0 Å². The van der Waals surface area contributed by atoms with E-state index in [4.69, 9.17) is 0 Å². The van der Waals surface area contributed by atoms with Crippen molar-refractivity contribution in [2.75, 3.05) is 11.9 Å². The van der Waals surface area contributed by atoms with Crippen LogP contribution in [0.15, 0.2) is 6.07 Å². The molecule has 0 bridgehead atoms. The average molecular weight is 207 g/mol. The molecule has 3 heteroatoms. The van der Waals surface area contributed by atoms with E-state index < -0.39 is 0 Å². The Kier molecular flexibility index (Phi) is 5.08. The Labute approximate surface area is 92.3 Å². The van der Waals surface area contributed by atoms with Crippen molar-refractivity contribution in [2.24, 2.45) is 0 Å². The predicted molar refractivity (Wildman–Crippen MR) is 64.2 cm³/mol. The lowest BCUT2D eigenvalue weighted by atomic mass is 10.2. The number of nitrogens with one attached hydrogen (secondary N) is 1. The van der Waals surface area contributed by atoms with Gasteiger partial charge in [0.15, 0.2) is 0 Å². The van der Waals surface area contributed by atoms with Gasteiger partial charge in [0.05, 0.1) is 0 Å². The summed E-state index contributed by atoms with van der Waals surface area (Å²) in [4.78, 5) is 8.91. The molecular formula is C12H21N3. The molecule has 0 aromatic carbocycles. The summed E-state index contributed by atoms with van der Waals surface area (Å²) >= 11 is 0. The van der Waals surface area contributed by atoms with Gasteiger partial charge in [-0.2, -0.15) is 0 Å². The summed E-state index contributed by atoms with van der Waals surface area (Å²) in [6, 6.07) is 2.01. The highest BCUT2D eigenvalue weighted by atomic mass is 15.0. The third-order valence-electron chi connectivity index (χ3n) is 2.21. The lowest BCUT2D eigenvalue weighted by molar-refractivity contribution is 0.748. The number of anilines is 1. The summed E-state index contributed by atoms with van der Waals surface area (Å²) in [7, 11) is 0. The molecule has 0 aliphatic carbocycles. The monoisotopic (exact) mass is 207 g/mol. The van der Waals surface area contributed by atoms with Crippen molar-refractivity contribution >= 4 is 5.82 Å². The van der Waals surface area contributed by atoms with Gasteiger partial charge in [-0.05, 0) is 19.8 Å². The molecule has 0 fully saturated rings. The number of hydrogen-bond donors (Lipinski definition) is 1. The van der Waals surface area contributed by atoms with E-state index in [0.717, 1.165) is 43.1 Å². The van der Waals surface area contributed by atoms with Crippen LogP contribution in [0.3, 0.4) is 0 Å². The first-order valence-electron chi connectivity index (χ1n) is 5.84. The minimum atomic E-state index is 0.968. The summed E-state index contributed by atoms with van der Waals surface area (Å²) in [5.41, 5.74) is 1.05. The fourth-order valence-electron chi connectivity index (χ4n) is 1.42. The molecule has 0 saturated carbocycles. The van der Waals surface area contributed by atoms with Gasteiger partial charge in [0.25, 0.3) is 0 Å². The summed E-state index contributed by atoms with van der Waals surface area (Å²) in [5, 5.41) is 3.30. The van der Waals surface area contributed by atoms with E-state index in [2.05, 4.69) is 29.1 Å². The van der Waals surface area contributed by atoms with Crippen molar-refractivity contribution < 1.29 is 0 Å². The van der Waals surface area contributed by atoms with E-state index >= 15 is 0 Å². The van der Waals surface area contributed by atoms with Crippen LogP contribution in [0.4, 0.5) is 5.82 Å². The summed E-state index contributed by atoms with van der Waals surface area (Å²) in [6.07, 6.45) is 4.46. The lowest BCUT2D eigenvalue weighted by Crippen LogP contribution is -2.06. The van der Waals surface area contributed by atoms with E-state index in [1.165, 1.54) is 6.42 Å². The standard InChI is InChI=1S/C12H21N3/c1-4-6-7-11-14-10(3)9-12(15-11)13-8-5-2/h9H,4-8H2,1-3H3,(H,13,14,15). The minimum Gasteiger partial charge on any atom is -0.370 e. The Morgan fingerprint density at radius 3 is 2.67 bits per heavy atom. The molecule has 1 rings (SSSR count). The molecule has 1 aromatic rings. The first kappa shape index (κ1) is 12.0. The van der Waals surface area contributed by atoms with E-state index in [-0.39, 0.29) is 0 Å². The fourth-order valence-corrected chi connectivity index (χ4v) is 1.42. The maximum atomic E-state index is 4.49. The molecular weight excluding hydrogens is 186 g/mol. The van der Waals surface area contributed by atoms with Crippen molar-refractivity contribution in [1.29, 1.82) is 0 Å². The molecule has 1 N–H and O–H groups in total. The number of rotatable bonds is 6. The maximum Gasteiger partial charge on any atom is 0.130 e. The second-order valence-corrected chi connectivity index (χ2v) is 3.84. The van der Waals surface area contributed by atoms with Crippen molar-refractivity contribution in [1.82, 2.24) is 9.97 Å². The summed E-state index contributed by atoms with van der Waals surface area (Å²) in [5.74, 6) is 1.94. The Hall–Kier alpha value is -1.12. The SMILES string of the molecule is CCCCc1nc(C)cc(NCCC)n1. The van der Waals surface area contributed by atoms with Crippen LogP contribution in [0.2, 0.25) is 0 Å². The molecule has 15 heavy (non-hydrogen) atoms. The van der Waals surface area contributed by atoms with Gasteiger partial charge in [0.2, 0.25) is 0 Å². The third-order valence-corrected chi connectivity index (χ3v) is 2.21. The first-order valence-corrected chi connectivity index (χ1v) is 5.84. The van der Waals surface area contributed by atoms with Crippen molar-refractivity contribution in [3.8, 4) is 0 Å². The van der Waals surface area contributed by atoms with Crippen LogP contribution >= 0.6 is 0 Å². The molecule has 0 atom stereocenters. The van der Waals surface area contributed by atoms with Gasteiger partial charge in [0.1, 0.15) is 11.6 Å². The Morgan fingerprint density at radius 2 is 2.00 bits per heavy atom. The first-order chi connectivity index (χ1) is 7.26. The van der Waals surface area contributed by atoms with Gasteiger partial charge in [-0.3, -0.25) is 0 Å². The molecule has 0 spiro atoms. The number of aromatic nitrogens is 2. The van der Waals surface area contributed by atoms with E-state index in [9.17, 15) is 0 Å². The van der Waals surface area contributed by atoms with E-state index in [0.29, 0.717) is 0 Å². The number of unbranched alkanes of at least 4 members (excludes halogenated alkanes) is 1. The van der Waals surface area contributed by atoms with E-state index in [1.807, 2.05) is 13.0 Å². The minimum absolute atomic E-state index is 0.968. The van der Waals surface area contributed by atoms with Crippen molar-refractivity contribution in [2.45, 2.75) is 46.5 Å². The topological polar surface area (TPSA) is 37.8 Å². The highest BCUT2D eigenvalue weighted by molar-refractivity contribution is 5.35. The fraction of sp³-hybridized carbons (Fsp3) is 0.667. The number of hydrogen-bond acceptors (Lipinski definition) is 3. The Balaban J connectivity index is 2.66. The van der Waals surface area contributed by atoms with Crippen LogP contribution in [0.25, 0.3) is 0 Å². The molecule has 84 valence electrons. The lowest BCUT2D eigenvalue weighted by Gasteiger charge is -2.07. The van der Waals surface area contributed by atoms with Gasteiger partial charge in [-0.15, -0.1) is 0 Å². The molecule has 0 unspecified atom stereocenters. The summed E-state index contributed by atoms with van der Waals surface area (Å²) < 4.78 is 0. The second-order valence-electron chi connectivity index (χ2n) is 3.84. The smallest absolute Gasteiger partial charge is 0.130 e. The molecule has 0 aliphatic heterocycles. The van der Waals surface area contributed by atoms with Crippen LogP contribution in [0.5, 0.6) is 0 Å². The van der Waals surface area contributed by atoms with Gasteiger partial charge in [-0.25, -0.2) is 9.97 Å². The molecule has 1 aromatic heterocycles. The predicted octanol–water partition coefficient (Wildman–Crippen LogP) is 2.95. The molecule has 0 saturated heterocycles. The van der Waals surface area contributed by atoms with Crippen LogP contribution in [-0.2, 0) is 6.42 Å². The van der Waals surface area contributed by atoms with Gasteiger partial charge in [-0.1, -0.05) is 20.3 Å². The van der Waals surface area contributed by atoms with Crippen LogP contribution in [-0.4, -0.2) is 16.5 Å². The normalized spacial score (nSPS) is 10.3. The van der Waals surface area contributed by atoms with Crippen LogP contribution in [0, 0.1) is 6.92 Å². The Morgan fingerprint density at radius 1 is 1.20 bits per heavy atom. The molecule has 0 amide bonds. The molecule has 0 aliphatic rings.